The summed E-state index contributed by atoms with van der Waals surface area (Å²) in [5, 5.41) is 120. The van der Waals surface area contributed by atoms with E-state index in [1.165, 1.54) is 116 Å². The summed E-state index contributed by atoms with van der Waals surface area (Å²) in [6.45, 7) is 1.68. The highest BCUT2D eigenvalue weighted by Gasteiger charge is 2.53. The van der Waals surface area contributed by atoms with Gasteiger partial charge in [-0.1, -0.05) is 174 Å². The Bertz CT molecular complexity index is 1380. The predicted octanol–water partition coefficient (Wildman–Crippen LogP) is 3.43. The number of amides is 1. The van der Waals surface area contributed by atoms with Gasteiger partial charge in [0, 0.05) is 6.42 Å². The van der Waals surface area contributed by atoms with Gasteiger partial charge in [0.05, 0.1) is 38.6 Å². The lowest BCUT2D eigenvalue weighted by molar-refractivity contribution is -0.379. The molecule has 3 heterocycles. The van der Waals surface area contributed by atoms with Crippen molar-refractivity contribution in [2.24, 2.45) is 0 Å². The van der Waals surface area contributed by atoms with Crippen LogP contribution in [0.25, 0.3) is 0 Å². The minimum atomic E-state index is -1.97. The van der Waals surface area contributed by atoms with E-state index in [0.717, 1.165) is 44.9 Å². The first-order chi connectivity index (χ1) is 34.8. The summed E-state index contributed by atoms with van der Waals surface area (Å²) in [6.07, 6.45) is 7.89. The van der Waals surface area contributed by atoms with Crippen LogP contribution in [0.3, 0.4) is 0 Å². The third kappa shape index (κ3) is 23.0. The van der Waals surface area contributed by atoms with Gasteiger partial charge < -0.3 is 89.9 Å². The molecule has 3 saturated heterocycles. The Morgan fingerprint density at radius 3 is 1.31 bits per heavy atom. The molecule has 0 radical (unpaired) electrons. The SMILES string of the molecule is CCCCCCCCCCCCCCCCCC/C=C/C(O)C(COC1OC(CO)C(OC2OC(CO)C(OC3OC(CO)C(O)C(O)C3O)C(O)C2O)C(O)C1O)NC(=O)CCCCCCCCCCC. The zero-order valence-electron chi connectivity index (χ0n) is 43.7. The van der Waals surface area contributed by atoms with Crippen LogP contribution in [0.15, 0.2) is 12.2 Å². The lowest BCUT2D eigenvalue weighted by Gasteiger charge is -2.48. The maximum atomic E-state index is 13.2. The van der Waals surface area contributed by atoms with Crippen LogP contribution in [0.1, 0.15) is 187 Å². The van der Waals surface area contributed by atoms with Crippen molar-refractivity contribution in [3.63, 3.8) is 0 Å². The summed E-state index contributed by atoms with van der Waals surface area (Å²) in [4.78, 5) is 13.2. The average molecular weight is 1040 g/mol. The molecule has 0 aromatic heterocycles. The number of hydrogen-bond donors (Lipinski definition) is 12. The van der Waals surface area contributed by atoms with Crippen molar-refractivity contribution in [1.29, 1.82) is 0 Å². The Balaban J connectivity index is 1.52. The molecule has 0 spiro atoms. The first-order valence-corrected chi connectivity index (χ1v) is 27.9. The normalized spacial score (nSPS) is 32.0. The second-order valence-corrected chi connectivity index (χ2v) is 20.4. The Morgan fingerprint density at radius 1 is 0.486 bits per heavy atom. The van der Waals surface area contributed by atoms with Crippen molar-refractivity contribution >= 4 is 5.91 Å². The molecule has 19 nitrogen and oxygen atoms in total. The van der Waals surface area contributed by atoms with Gasteiger partial charge in [-0.3, -0.25) is 4.79 Å². The van der Waals surface area contributed by atoms with Gasteiger partial charge in [0.25, 0.3) is 0 Å². The van der Waals surface area contributed by atoms with E-state index in [2.05, 4.69) is 19.2 Å². The number of aliphatic hydroxyl groups excluding tert-OH is 11. The quantitative estimate of drug-likeness (QED) is 0.0309. The lowest BCUT2D eigenvalue weighted by Crippen LogP contribution is -2.66. The molecule has 3 aliphatic rings. The van der Waals surface area contributed by atoms with Crippen molar-refractivity contribution in [2.45, 2.75) is 291 Å². The maximum absolute atomic E-state index is 13.2. The molecular weight excluding hydrogens is 939 g/mol. The summed E-state index contributed by atoms with van der Waals surface area (Å²) in [5.74, 6) is -0.279. The van der Waals surface area contributed by atoms with E-state index in [-0.39, 0.29) is 18.9 Å². The fourth-order valence-electron chi connectivity index (χ4n) is 9.66. The van der Waals surface area contributed by atoms with Crippen LogP contribution >= 0.6 is 0 Å². The summed E-state index contributed by atoms with van der Waals surface area (Å²) < 4.78 is 34.1. The van der Waals surface area contributed by atoms with Gasteiger partial charge in [-0.25, -0.2) is 0 Å². The van der Waals surface area contributed by atoms with E-state index in [1.807, 2.05) is 6.08 Å². The summed E-state index contributed by atoms with van der Waals surface area (Å²) in [6, 6.07) is -0.964. The molecule has 0 bridgehead atoms. The largest absolute Gasteiger partial charge is 0.394 e. The minimum Gasteiger partial charge on any atom is -0.394 e. The first kappa shape index (κ1) is 64.8. The molecule has 424 valence electrons. The molecule has 19 heteroatoms. The van der Waals surface area contributed by atoms with Crippen molar-refractivity contribution in [2.75, 3.05) is 26.4 Å². The molecule has 1 amide bonds. The maximum Gasteiger partial charge on any atom is 0.220 e. The first-order valence-electron chi connectivity index (χ1n) is 27.9. The number of rotatable bonds is 40. The second-order valence-electron chi connectivity index (χ2n) is 20.4. The van der Waals surface area contributed by atoms with Crippen molar-refractivity contribution < 1.29 is 89.4 Å². The number of nitrogens with one attached hydrogen (secondary N) is 1. The number of allylic oxidation sites excluding steroid dienone is 1. The van der Waals surface area contributed by atoms with Crippen LogP contribution in [0.2, 0.25) is 0 Å². The number of unbranched alkanes of at least 4 members (excludes halogenated alkanes) is 24. The Kier molecular flexibility index (Phi) is 34.3. The topological polar surface area (TPSA) is 307 Å². The third-order valence-electron chi connectivity index (χ3n) is 14.3. The molecule has 12 N–H and O–H groups in total. The van der Waals surface area contributed by atoms with Crippen molar-refractivity contribution in [1.82, 2.24) is 5.32 Å². The highest BCUT2D eigenvalue weighted by molar-refractivity contribution is 5.76. The third-order valence-corrected chi connectivity index (χ3v) is 14.3. The van der Waals surface area contributed by atoms with Gasteiger partial charge in [-0.05, 0) is 19.3 Å². The van der Waals surface area contributed by atoms with Gasteiger partial charge in [0.2, 0.25) is 5.91 Å². The van der Waals surface area contributed by atoms with Crippen molar-refractivity contribution in [3.05, 3.63) is 12.2 Å². The molecule has 72 heavy (non-hydrogen) atoms. The molecule has 0 aliphatic carbocycles. The van der Waals surface area contributed by atoms with Crippen molar-refractivity contribution in [3.8, 4) is 0 Å². The van der Waals surface area contributed by atoms with E-state index in [9.17, 15) is 61.0 Å². The second kappa shape index (κ2) is 38.1. The fraction of sp³-hybridized carbons (Fsp3) is 0.943. The Labute approximate surface area is 429 Å². The predicted molar refractivity (Wildman–Crippen MR) is 268 cm³/mol. The summed E-state index contributed by atoms with van der Waals surface area (Å²) >= 11 is 0. The zero-order chi connectivity index (χ0) is 52.7. The summed E-state index contributed by atoms with van der Waals surface area (Å²) in [7, 11) is 0. The van der Waals surface area contributed by atoms with E-state index < -0.39 is 124 Å². The van der Waals surface area contributed by atoms with E-state index >= 15 is 0 Å². The fourth-order valence-corrected chi connectivity index (χ4v) is 9.66. The Morgan fingerprint density at radius 2 is 0.861 bits per heavy atom. The number of aliphatic hydroxyl groups is 11. The lowest BCUT2D eigenvalue weighted by atomic mass is 9.96. The average Bonchev–Trinajstić information content (AvgIpc) is 3.37. The number of hydrogen-bond acceptors (Lipinski definition) is 18. The molecule has 0 saturated carbocycles. The standard InChI is InChI=1S/C53H99NO18/c1-3-5-7-9-11-13-14-15-16-17-18-19-20-21-23-24-26-28-30-37(58)36(54-41(59)31-29-27-25-22-12-10-8-6-4-2)35-67-51-47(65)44(62)49(39(33-56)69-51)72-53-48(66)45(63)50(40(34-57)70-53)71-52-46(64)43(61)42(60)38(32-55)68-52/h28,30,36-40,42-53,55-58,60-66H,3-27,29,31-35H2,1-2H3,(H,54,59)/b30-28+. The van der Waals surface area contributed by atoms with Crippen LogP contribution in [0.4, 0.5) is 0 Å². The zero-order valence-corrected chi connectivity index (χ0v) is 43.7. The van der Waals surface area contributed by atoms with Gasteiger partial charge in [0.15, 0.2) is 18.9 Å². The van der Waals surface area contributed by atoms with E-state index in [1.54, 1.807) is 6.08 Å². The highest BCUT2D eigenvalue weighted by atomic mass is 16.8. The van der Waals surface area contributed by atoms with Crippen LogP contribution in [0, 0.1) is 0 Å². The van der Waals surface area contributed by atoms with Gasteiger partial charge in [-0.15, -0.1) is 0 Å². The molecule has 3 fully saturated rings. The minimum absolute atomic E-state index is 0.246. The van der Waals surface area contributed by atoms with Crippen LogP contribution < -0.4 is 5.32 Å². The van der Waals surface area contributed by atoms with Crippen LogP contribution in [-0.4, -0.2) is 193 Å². The van der Waals surface area contributed by atoms with E-state index in [0.29, 0.717) is 6.42 Å². The molecule has 17 atom stereocenters. The van der Waals surface area contributed by atoms with Gasteiger partial charge in [0.1, 0.15) is 73.2 Å². The number of ether oxygens (including phenoxy) is 6. The molecule has 3 aliphatic heterocycles. The molecule has 0 aromatic rings. The Hall–Kier alpha value is -1.47. The number of carbonyl (C=O) groups excluding carboxylic acids is 1. The summed E-state index contributed by atoms with van der Waals surface area (Å²) in [5.41, 5.74) is 0. The molecule has 0 aromatic carbocycles. The van der Waals surface area contributed by atoms with Gasteiger partial charge in [-0.2, -0.15) is 0 Å². The number of carbonyl (C=O) groups is 1. The molecule has 3 rings (SSSR count). The smallest absolute Gasteiger partial charge is 0.220 e. The van der Waals surface area contributed by atoms with Crippen LogP contribution in [-0.2, 0) is 33.2 Å². The van der Waals surface area contributed by atoms with E-state index in [4.69, 9.17) is 28.4 Å². The van der Waals surface area contributed by atoms with Crippen LogP contribution in [0.5, 0.6) is 0 Å². The monoisotopic (exact) mass is 1040 g/mol. The molecule has 17 unspecified atom stereocenters. The highest BCUT2D eigenvalue weighted by Crippen LogP contribution is 2.33. The molecular formula is C53H99NO18. The van der Waals surface area contributed by atoms with Gasteiger partial charge >= 0.3 is 0 Å².